The van der Waals surface area contributed by atoms with Gasteiger partial charge in [0.15, 0.2) is 0 Å². The zero-order chi connectivity index (χ0) is 48.9. The number of para-hydroxylation sites is 2. The Kier molecular flexibility index (Phi) is 13.8. The van der Waals surface area contributed by atoms with Crippen LogP contribution in [0.1, 0.15) is 12.8 Å². The maximum absolute atomic E-state index is 13.9. The van der Waals surface area contributed by atoms with Gasteiger partial charge in [0, 0.05) is 78.7 Å². The second-order valence-corrected chi connectivity index (χ2v) is 17.1. The second kappa shape index (κ2) is 20.6. The lowest BCUT2D eigenvalue weighted by Gasteiger charge is -2.18. The predicted molar refractivity (Wildman–Crippen MR) is 267 cm³/mol. The minimum atomic E-state index is -0.484. The Morgan fingerprint density at radius 3 is 1.57 bits per heavy atom. The highest BCUT2D eigenvalue weighted by molar-refractivity contribution is 5.95. The average Bonchev–Trinajstić information content (AvgIpc) is 3.97. The molecule has 2 fully saturated rings. The number of likely N-dealkylation sites (tertiary alicyclic amines) is 2. The topological polar surface area (TPSA) is 188 Å². The zero-order valence-electron chi connectivity index (χ0n) is 38.9. The molecule has 2 aliphatic rings. The molecule has 70 heavy (non-hydrogen) atoms. The van der Waals surface area contributed by atoms with Gasteiger partial charge in [-0.05, 0) is 68.4 Å². The van der Waals surface area contributed by atoms with E-state index in [1.807, 2.05) is 49.5 Å². The van der Waals surface area contributed by atoms with Gasteiger partial charge in [-0.25, -0.2) is 28.7 Å². The highest BCUT2D eigenvalue weighted by Gasteiger charge is 2.28. The van der Waals surface area contributed by atoms with Crippen molar-refractivity contribution in [2.24, 2.45) is 0 Å². The fourth-order valence-electron chi connectivity index (χ4n) is 8.59. The number of anilines is 5. The van der Waals surface area contributed by atoms with Crippen LogP contribution in [0.5, 0.6) is 23.0 Å². The van der Waals surface area contributed by atoms with E-state index in [1.165, 1.54) is 43.5 Å². The van der Waals surface area contributed by atoms with E-state index in [1.54, 1.807) is 49.8 Å². The molecular formula is C52H50F2N10O6. The number of halogens is 2. The van der Waals surface area contributed by atoms with Crippen LogP contribution in [0.2, 0.25) is 0 Å². The van der Waals surface area contributed by atoms with E-state index >= 15 is 0 Å². The molecule has 0 radical (unpaired) electrons. The first-order valence-electron chi connectivity index (χ1n) is 22.5. The normalized spacial score (nSPS) is 15.9. The minimum absolute atomic E-state index is 0.0980. The summed E-state index contributed by atoms with van der Waals surface area (Å²) in [7, 11) is 7.12. The Bertz CT molecular complexity index is 3220. The summed E-state index contributed by atoms with van der Waals surface area (Å²) in [5.41, 5.74) is 11.9. The van der Waals surface area contributed by atoms with E-state index in [-0.39, 0.29) is 41.2 Å². The molecule has 8 aromatic rings. The highest BCUT2D eigenvalue weighted by atomic mass is 19.1. The van der Waals surface area contributed by atoms with Gasteiger partial charge >= 0.3 is 5.69 Å². The van der Waals surface area contributed by atoms with E-state index < -0.39 is 4.92 Å². The number of nitrogen functional groups attached to an aromatic ring is 1. The number of nitro benzene ring substituents is 1. The van der Waals surface area contributed by atoms with Crippen LogP contribution >= 0.6 is 0 Å². The molecule has 4 heterocycles. The number of hydrogen-bond donors (Lipinski definition) is 3. The monoisotopic (exact) mass is 948 g/mol. The summed E-state index contributed by atoms with van der Waals surface area (Å²) in [5.74, 6) is 1.60. The molecule has 2 unspecified atom stereocenters. The number of hydrogen-bond acceptors (Lipinski definition) is 15. The lowest BCUT2D eigenvalue weighted by Crippen LogP contribution is -2.21. The Hall–Kier alpha value is -8.22. The third kappa shape index (κ3) is 10.6. The Balaban J connectivity index is 0.000000174. The van der Waals surface area contributed by atoms with Crippen LogP contribution in [0, 0.1) is 21.7 Å². The summed E-state index contributed by atoms with van der Waals surface area (Å²) in [6.07, 6.45) is 5.08. The van der Waals surface area contributed by atoms with Gasteiger partial charge in [-0.1, -0.05) is 60.7 Å². The fourth-order valence-corrected chi connectivity index (χ4v) is 8.59. The van der Waals surface area contributed by atoms with E-state index in [4.69, 9.17) is 29.7 Å². The van der Waals surface area contributed by atoms with Crippen LogP contribution in [0.3, 0.4) is 0 Å². The van der Waals surface area contributed by atoms with Crippen LogP contribution in [0.4, 0.5) is 43.4 Å². The van der Waals surface area contributed by atoms with Crippen molar-refractivity contribution in [2.45, 2.75) is 25.0 Å². The van der Waals surface area contributed by atoms with Crippen LogP contribution < -0.4 is 35.3 Å². The summed E-state index contributed by atoms with van der Waals surface area (Å²) in [4.78, 5) is 33.9. The minimum Gasteiger partial charge on any atom is -0.494 e. The third-order valence-electron chi connectivity index (χ3n) is 12.1. The van der Waals surface area contributed by atoms with Crippen molar-refractivity contribution < 1.29 is 32.7 Å². The first-order valence-corrected chi connectivity index (χ1v) is 22.5. The van der Waals surface area contributed by atoms with E-state index in [9.17, 15) is 18.9 Å². The van der Waals surface area contributed by atoms with Crippen molar-refractivity contribution in [3.8, 4) is 45.3 Å². The molecule has 2 saturated heterocycles. The van der Waals surface area contributed by atoms with E-state index in [0.717, 1.165) is 59.9 Å². The van der Waals surface area contributed by atoms with Crippen molar-refractivity contribution in [3.63, 3.8) is 0 Å². The summed E-state index contributed by atoms with van der Waals surface area (Å²) in [6, 6.07) is 30.5. The number of ether oxygens (including phenoxy) is 4. The van der Waals surface area contributed by atoms with Crippen LogP contribution in [-0.2, 0) is 0 Å². The largest absolute Gasteiger partial charge is 0.494 e. The quantitative estimate of drug-likeness (QED) is 0.0562. The standard InChI is InChI=1S/C26H24FN5O4.C26H26FN5O2/c1-31-10-9-19(15-31)36-24-13-23(35-2)21(12-22(24)32(33)34)29-26-28-14-17-6-4-8-20(25(17)30-26)16-5-3-7-18(27)11-16;1-32-10-9-19(15-32)34-23-13-24(33-2)22(12-21(23)28)30-26-29-14-17-6-4-8-20(25(17)31-26)16-5-3-7-18(27)11-16/h3-8,11-14,19H,9-10,15H2,1-2H3,(H,28,29,30);3-8,11-14,19H,9-10,15,28H2,1-2H3,(H,29,30,31). The van der Waals surface area contributed by atoms with Gasteiger partial charge < -0.3 is 45.1 Å². The van der Waals surface area contributed by atoms with Crippen molar-refractivity contribution in [1.29, 1.82) is 0 Å². The molecule has 0 spiro atoms. The molecule has 358 valence electrons. The molecule has 0 amide bonds. The fraction of sp³-hybridized carbons (Fsp3) is 0.231. The molecular weight excluding hydrogens is 899 g/mol. The maximum atomic E-state index is 13.9. The summed E-state index contributed by atoms with van der Waals surface area (Å²) < 4.78 is 50.9. The smallest absolute Gasteiger partial charge is 0.313 e. The van der Waals surface area contributed by atoms with Crippen molar-refractivity contribution in [3.05, 3.63) is 143 Å². The van der Waals surface area contributed by atoms with Gasteiger partial charge in [0.1, 0.15) is 41.1 Å². The molecule has 6 aromatic carbocycles. The van der Waals surface area contributed by atoms with Crippen molar-refractivity contribution >= 4 is 56.5 Å². The molecule has 18 heteroatoms. The number of fused-ring (bicyclic) bond motifs is 2. The number of nitrogens with zero attached hydrogens (tertiary/aromatic N) is 7. The number of methoxy groups -OCH3 is 2. The number of rotatable bonds is 13. The summed E-state index contributed by atoms with van der Waals surface area (Å²) in [5, 5.41) is 19.7. The number of aromatic nitrogens is 4. The molecule has 0 bridgehead atoms. The number of benzene rings is 6. The number of nitrogens with one attached hydrogen (secondary N) is 2. The molecule has 2 aromatic heterocycles. The van der Waals surface area contributed by atoms with Crippen molar-refractivity contribution in [1.82, 2.24) is 29.7 Å². The lowest BCUT2D eigenvalue weighted by atomic mass is 10.0. The Morgan fingerprint density at radius 1 is 0.643 bits per heavy atom. The SMILES string of the molecule is COc1cc(OC2CCN(C)C2)c(N)cc1Nc1ncc2cccc(-c3cccc(F)c3)c2n1.COc1cc(OC2CCN(C)C2)c([N+](=O)[O-])cc1Nc1ncc2cccc(-c3cccc(F)c3)c2n1. The second-order valence-electron chi connectivity index (χ2n) is 17.1. The maximum Gasteiger partial charge on any atom is 0.313 e. The van der Waals surface area contributed by atoms with Crippen LogP contribution in [0.25, 0.3) is 44.1 Å². The third-order valence-corrected chi connectivity index (χ3v) is 12.1. The zero-order valence-corrected chi connectivity index (χ0v) is 38.9. The molecule has 2 atom stereocenters. The molecule has 4 N–H and O–H groups in total. The Morgan fingerprint density at radius 2 is 1.11 bits per heavy atom. The predicted octanol–water partition coefficient (Wildman–Crippen LogP) is 10.0. The van der Waals surface area contributed by atoms with Crippen LogP contribution in [-0.4, -0.2) is 101 Å². The number of likely N-dealkylation sites (N-methyl/N-ethyl adjacent to an activating group) is 2. The van der Waals surface area contributed by atoms with Gasteiger partial charge in [-0.2, -0.15) is 0 Å². The van der Waals surface area contributed by atoms with Gasteiger partial charge in [-0.15, -0.1) is 0 Å². The molecule has 16 nitrogen and oxygen atoms in total. The molecule has 0 aliphatic carbocycles. The summed E-state index contributed by atoms with van der Waals surface area (Å²) in [6.45, 7) is 3.42. The van der Waals surface area contributed by atoms with E-state index in [2.05, 4.69) is 42.4 Å². The molecule has 0 saturated carbocycles. The first-order chi connectivity index (χ1) is 33.9. The average molecular weight is 949 g/mol. The molecule has 2 aliphatic heterocycles. The van der Waals surface area contributed by atoms with Gasteiger partial charge in [-0.3, -0.25) is 10.1 Å². The Labute approximate surface area is 402 Å². The molecule has 10 rings (SSSR count). The first kappa shape index (κ1) is 46.9. The van der Waals surface area contributed by atoms with Gasteiger partial charge in [0.2, 0.25) is 17.6 Å². The van der Waals surface area contributed by atoms with Crippen LogP contribution in [0.15, 0.2) is 122 Å². The van der Waals surface area contributed by atoms with Crippen molar-refractivity contribution in [2.75, 3.05) is 70.9 Å². The lowest BCUT2D eigenvalue weighted by molar-refractivity contribution is -0.386. The number of nitrogens with two attached hydrogens (primary N) is 1. The summed E-state index contributed by atoms with van der Waals surface area (Å²) >= 11 is 0. The number of nitro groups is 1. The van der Waals surface area contributed by atoms with Gasteiger partial charge in [0.05, 0.1) is 47.2 Å². The van der Waals surface area contributed by atoms with E-state index in [0.29, 0.717) is 63.4 Å². The van der Waals surface area contributed by atoms with Gasteiger partial charge in [0.25, 0.3) is 0 Å². The highest BCUT2D eigenvalue weighted by Crippen LogP contribution is 2.41.